The fourth-order valence-electron chi connectivity index (χ4n) is 6.49. The van der Waals surface area contributed by atoms with Crippen LogP contribution in [0.5, 0.6) is 0 Å². The topological polar surface area (TPSA) is 233 Å². The summed E-state index contributed by atoms with van der Waals surface area (Å²) in [5.74, 6) is 3.37. The van der Waals surface area contributed by atoms with Gasteiger partial charge in [-0.2, -0.15) is 0 Å². The van der Waals surface area contributed by atoms with Crippen LogP contribution >= 0.6 is 73.9 Å². The van der Waals surface area contributed by atoms with Crippen LogP contribution in [0.4, 0.5) is 0 Å². The van der Waals surface area contributed by atoms with E-state index in [4.69, 9.17) is 69.1 Å². The van der Waals surface area contributed by atoms with Crippen molar-refractivity contribution in [2.24, 2.45) is 5.73 Å². The Bertz CT molecular complexity index is 3400. The van der Waals surface area contributed by atoms with Crippen LogP contribution in [0.2, 0.25) is 25.1 Å². The average Bonchev–Trinajstić information content (AvgIpc) is 3.48. The molecule has 0 radical (unpaired) electrons. The minimum atomic E-state index is -0.783. The van der Waals surface area contributed by atoms with Gasteiger partial charge in [0.05, 0.1) is 31.8 Å². The molecule has 0 fully saturated rings. The highest BCUT2D eigenvalue weighted by molar-refractivity contribution is 9.10. The summed E-state index contributed by atoms with van der Waals surface area (Å²) < 4.78 is 0.920. The van der Waals surface area contributed by atoms with Gasteiger partial charge in [-0.1, -0.05) is 143 Å². The van der Waals surface area contributed by atoms with Gasteiger partial charge in [0.1, 0.15) is 35.2 Å². The number of hydrogen-bond acceptors (Lipinski definition) is 15. The van der Waals surface area contributed by atoms with Crippen molar-refractivity contribution >= 4 is 91.7 Å². The van der Waals surface area contributed by atoms with Gasteiger partial charge in [0.25, 0.3) is 0 Å². The summed E-state index contributed by atoms with van der Waals surface area (Å²) >= 11 is 32.8. The van der Waals surface area contributed by atoms with Gasteiger partial charge in [-0.3, -0.25) is 15.0 Å². The monoisotopic (exact) mass is 1240 g/mol. The number of aliphatic hydroxyl groups excluding tert-OH is 1. The second-order valence-corrected chi connectivity index (χ2v) is 19.8. The van der Waals surface area contributed by atoms with Crippen LogP contribution < -0.4 is 5.73 Å². The molecule has 0 aliphatic rings. The molecule has 15 nitrogen and oxygen atoms in total. The predicted octanol–water partition coefficient (Wildman–Crippen LogP) is 14.2. The Hall–Kier alpha value is -7.64. The average molecular weight is 1250 g/mol. The number of aldehydes is 1. The first kappa shape index (κ1) is 64.2. The quantitative estimate of drug-likeness (QED) is 0.0693. The fourth-order valence-corrected chi connectivity index (χ4v) is 7.82. The van der Waals surface area contributed by atoms with Crippen LogP contribution in [0.3, 0.4) is 0 Å². The summed E-state index contributed by atoms with van der Waals surface area (Å²) in [5.41, 5.74) is 12.3. The van der Waals surface area contributed by atoms with Crippen molar-refractivity contribution in [3.05, 3.63) is 292 Å². The number of aromatic nitrogens is 10. The zero-order chi connectivity index (χ0) is 58.8. The summed E-state index contributed by atoms with van der Waals surface area (Å²) in [4.78, 5) is 62.4. The highest BCUT2D eigenvalue weighted by atomic mass is 79.9. The van der Waals surface area contributed by atoms with Gasteiger partial charge < -0.3 is 10.8 Å². The number of rotatable bonds is 9. The highest BCUT2D eigenvalue weighted by Crippen LogP contribution is 2.28. The van der Waals surface area contributed by atoms with Gasteiger partial charge in [0.15, 0.2) is 12.1 Å². The van der Waals surface area contributed by atoms with E-state index in [0.717, 1.165) is 33.5 Å². The number of halogens is 6. The molecule has 5 aromatic heterocycles. The van der Waals surface area contributed by atoms with Gasteiger partial charge in [0.2, 0.25) is 0 Å². The van der Waals surface area contributed by atoms with Gasteiger partial charge in [-0.05, 0) is 92.5 Å². The molecule has 0 aliphatic heterocycles. The van der Waals surface area contributed by atoms with Crippen molar-refractivity contribution in [2.45, 2.75) is 46.8 Å². The maximum absolute atomic E-state index is 12.0. The number of carbonyl (C=O) groups excluding carboxylic acids is 2. The number of benzene rings is 5. The molecule has 0 saturated carbocycles. The Balaban J connectivity index is 0.000000181. The molecule has 0 spiro atoms. The Kier molecular flexibility index (Phi) is 26.3. The first-order valence-electron chi connectivity index (χ1n) is 24.2. The Morgan fingerprint density at radius 2 is 0.815 bits per heavy atom. The number of aryl methyl sites for hydroxylation is 5. The summed E-state index contributed by atoms with van der Waals surface area (Å²) in [7, 11) is 0. The normalized spacial score (nSPS) is 10.8. The first-order valence-corrected chi connectivity index (χ1v) is 26.9. The molecule has 5 heterocycles. The van der Waals surface area contributed by atoms with Crippen LogP contribution in [-0.2, 0) is 0 Å². The summed E-state index contributed by atoms with van der Waals surface area (Å²) in [6, 6.07) is 35.5. The molecule has 2 unspecified atom stereocenters. The lowest BCUT2D eigenvalue weighted by Crippen LogP contribution is -2.13. The maximum Gasteiger partial charge on any atom is 0.197 e. The van der Waals surface area contributed by atoms with E-state index in [9.17, 15) is 14.7 Å². The molecule has 5 aromatic carbocycles. The van der Waals surface area contributed by atoms with Crippen molar-refractivity contribution in [3.63, 3.8) is 0 Å². The van der Waals surface area contributed by atoms with Crippen molar-refractivity contribution in [2.75, 3.05) is 0 Å². The zero-order valence-corrected chi connectivity index (χ0v) is 49.5. The standard InChI is InChI=1S/C12H12ClN3.C12H10ClN3.C12H11ClN2O.C12H9ClN2O.C7H5ClO.C5H5BrN2/c2*1-8-15-6-9(7-16-8)12(14)10-4-2-3-5-11(10)13;2*1-8-14-6-9(7-15-8)12(16)10-4-2-3-5-11(10)13;8-7-4-2-1-3-6(7)5-9;1-4-7-2-5(6)3-8-4/h2-7,12H,14H2,1H3;2-7,14H,1H3;2-7,12,16H,1H3;2-7H,1H3;1-5H;2-3H,1H3. The van der Waals surface area contributed by atoms with E-state index >= 15 is 0 Å². The third kappa shape index (κ3) is 20.8. The van der Waals surface area contributed by atoms with E-state index in [0.29, 0.717) is 87.2 Å². The van der Waals surface area contributed by atoms with Crippen LogP contribution in [0.15, 0.2) is 188 Å². The van der Waals surface area contributed by atoms with E-state index in [-0.39, 0.29) is 11.8 Å². The molecule has 0 amide bonds. The number of ketones is 1. The van der Waals surface area contributed by atoms with Gasteiger partial charge >= 0.3 is 0 Å². The Morgan fingerprint density at radius 3 is 1.22 bits per heavy atom. The van der Waals surface area contributed by atoms with Crippen molar-refractivity contribution in [1.29, 1.82) is 5.41 Å². The largest absolute Gasteiger partial charge is 0.383 e. The summed E-state index contributed by atoms with van der Waals surface area (Å²) in [6.45, 7) is 9.07. The molecule has 412 valence electrons. The van der Waals surface area contributed by atoms with Crippen molar-refractivity contribution in [3.8, 4) is 0 Å². The number of nitrogens with zero attached hydrogens (tertiary/aromatic N) is 10. The fraction of sp³-hybridized carbons (Fsp3) is 0.117. The molecule has 2 atom stereocenters. The van der Waals surface area contributed by atoms with E-state index in [1.807, 2.05) is 75.4 Å². The second-order valence-electron chi connectivity index (χ2n) is 16.8. The smallest absolute Gasteiger partial charge is 0.197 e. The van der Waals surface area contributed by atoms with Gasteiger partial charge in [0, 0.05) is 116 Å². The molecule has 0 aliphatic carbocycles. The number of carbonyl (C=O) groups is 2. The minimum Gasteiger partial charge on any atom is -0.383 e. The molecule has 81 heavy (non-hydrogen) atoms. The lowest BCUT2D eigenvalue weighted by molar-refractivity contribution is 0.103. The van der Waals surface area contributed by atoms with Crippen LogP contribution in [-0.4, -0.2) is 72.7 Å². The van der Waals surface area contributed by atoms with E-state index in [1.165, 1.54) is 12.4 Å². The third-order valence-corrected chi connectivity index (χ3v) is 13.0. The molecule has 4 N–H and O–H groups in total. The van der Waals surface area contributed by atoms with Gasteiger partial charge in [-0.25, -0.2) is 49.8 Å². The van der Waals surface area contributed by atoms with Gasteiger partial charge in [-0.15, -0.1) is 0 Å². The number of aliphatic hydroxyl groups is 1. The molecule has 0 bridgehead atoms. The van der Waals surface area contributed by atoms with E-state index < -0.39 is 6.10 Å². The lowest BCUT2D eigenvalue weighted by atomic mass is 10.0. The highest BCUT2D eigenvalue weighted by Gasteiger charge is 2.16. The Labute approximate surface area is 502 Å². The molecule has 10 rings (SSSR count). The first-order chi connectivity index (χ1) is 38.9. The lowest BCUT2D eigenvalue weighted by Gasteiger charge is -2.13. The SMILES string of the molecule is Cc1ncc(Br)cn1.Cc1ncc(C(=N)c2ccccc2Cl)cn1.Cc1ncc(C(=O)c2ccccc2Cl)cn1.Cc1ncc(C(N)c2ccccc2Cl)cn1.Cc1ncc(C(O)c2ccccc2Cl)cn1.O=Cc1ccccc1Cl. The Morgan fingerprint density at radius 1 is 0.469 bits per heavy atom. The number of nitrogens with two attached hydrogens (primary N) is 1. The van der Waals surface area contributed by atoms with E-state index in [1.54, 1.807) is 130 Å². The third-order valence-electron chi connectivity index (χ3n) is 10.9. The van der Waals surface area contributed by atoms with Crippen LogP contribution in [0.1, 0.15) is 101 Å². The summed E-state index contributed by atoms with van der Waals surface area (Å²) in [6.07, 6.45) is 16.4. The van der Waals surface area contributed by atoms with Crippen LogP contribution in [0, 0.1) is 40.0 Å². The van der Waals surface area contributed by atoms with Crippen molar-refractivity contribution < 1.29 is 14.7 Å². The molecule has 0 saturated heterocycles. The van der Waals surface area contributed by atoms with E-state index in [2.05, 4.69) is 65.8 Å². The van der Waals surface area contributed by atoms with Crippen LogP contribution in [0.25, 0.3) is 0 Å². The summed E-state index contributed by atoms with van der Waals surface area (Å²) in [5, 5.41) is 20.8. The zero-order valence-electron chi connectivity index (χ0n) is 44.1. The maximum atomic E-state index is 12.0. The predicted molar refractivity (Wildman–Crippen MR) is 324 cm³/mol. The second kappa shape index (κ2) is 33.2. The molecule has 10 aromatic rings. The molecule has 21 heteroatoms. The number of nitrogens with one attached hydrogen (secondary N) is 1. The molecular weight excluding hydrogens is 1190 g/mol. The molecular formula is C60H52BrCl5N12O3. The minimum absolute atomic E-state index is 0.161. The number of hydrogen-bond donors (Lipinski definition) is 3. The van der Waals surface area contributed by atoms with Crippen molar-refractivity contribution in [1.82, 2.24) is 49.8 Å².